The molecule has 0 aliphatic heterocycles. The van der Waals surface area contributed by atoms with E-state index in [-0.39, 0.29) is 0 Å². The summed E-state index contributed by atoms with van der Waals surface area (Å²) in [6.07, 6.45) is 0. The van der Waals surface area contributed by atoms with Crippen molar-refractivity contribution in [2.24, 2.45) is 0 Å². The van der Waals surface area contributed by atoms with Crippen LogP contribution in [0.1, 0.15) is 0 Å². The minimum absolute atomic E-state index is 2.10. The molecule has 0 aliphatic rings. The first-order valence-corrected chi connectivity index (χ1v) is 8.45. The molecule has 0 atom stereocenters. The molecule has 0 bridgehead atoms. The Balaban J connectivity index is -0.000000147. The molecule has 6 N–H and O–H groups in total. The fraction of sp³-hybridized carbons (Fsp3) is 0. The molecule has 94 valence electrons. The molecular weight excluding hydrogens is 351 g/mol. The molecule has 0 saturated carbocycles. The van der Waals surface area contributed by atoms with Gasteiger partial charge in [0.15, 0.2) is 0 Å². The van der Waals surface area contributed by atoms with Gasteiger partial charge in [0.25, 0.3) is 0 Å². The van der Waals surface area contributed by atoms with Crippen molar-refractivity contribution in [3.63, 3.8) is 0 Å². The zero-order valence-electron chi connectivity index (χ0n) is 6.47. The van der Waals surface area contributed by atoms with E-state index in [2.05, 4.69) is 4.73 Å². The quantitative estimate of drug-likeness (QED) is 0.312. The van der Waals surface area contributed by atoms with Gasteiger partial charge >= 0.3 is 47.1 Å². The summed E-state index contributed by atoms with van der Waals surface area (Å²) >= 11 is -4.29. The second kappa shape index (κ2) is 9.91. The summed E-state index contributed by atoms with van der Waals surface area (Å²) in [6.45, 7) is 0. The van der Waals surface area contributed by atoms with E-state index in [1.165, 1.54) is 0 Å². The molecule has 15 heteroatoms. The zero-order chi connectivity index (χ0) is 13.3. The Morgan fingerprint density at radius 3 is 1.13 bits per heavy atom. The van der Waals surface area contributed by atoms with Crippen LogP contribution < -0.4 is 0 Å². The Bertz CT molecular complexity index is 238. The van der Waals surface area contributed by atoms with Gasteiger partial charge in [-0.1, -0.05) is 4.73 Å². The monoisotopic (exact) mass is 356 g/mol. The van der Waals surface area contributed by atoms with E-state index in [0.29, 0.717) is 0 Å². The Labute approximate surface area is 90.1 Å². The van der Waals surface area contributed by atoms with Crippen molar-refractivity contribution in [1.29, 1.82) is 0 Å². The van der Waals surface area contributed by atoms with E-state index in [1.807, 2.05) is 0 Å². The van der Waals surface area contributed by atoms with Crippen molar-refractivity contribution in [3.05, 3.63) is 0 Å². The standard InChI is InChI=1S/FH2O4P.FH.H3O4P.H2O.O.Zr/c1-5-6(2,3)4;;1-5(2,3)4;;;/h(H2,2,3,4);1H;(H3,1,2,3,4);1H2;;/q;;;;;+2/p-2. The zero-order valence-corrected chi connectivity index (χ0v) is 10.7. The number of hydrogen-bond donors (Lipinski definition) is 6. The van der Waals surface area contributed by atoms with Crippen LogP contribution in [0.5, 0.6) is 0 Å². The van der Waals surface area contributed by atoms with Crippen LogP contribution in [0.2, 0.25) is 0 Å². The van der Waals surface area contributed by atoms with Crippen LogP contribution in [0, 0.1) is 0 Å². The molecule has 0 aromatic carbocycles. The van der Waals surface area contributed by atoms with Crippen molar-refractivity contribution >= 4 is 15.6 Å². The van der Waals surface area contributed by atoms with E-state index in [4.69, 9.17) is 39.6 Å². The SMILES string of the molecule is O=P(O)(O)O.O=P(O)(O)OF.[O]=[Zr]([OH])[F]. The number of hydrogen-bond acceptors (Lipinski definition) is 4. The van der Waals surface area contributed by atoms with Gasteiger partial charge in [0.05, 0.1) is 0 Å². The van der Waals surface area contributed by atoms with Crippen molar-refractivity contribution < 1.29 is 74.3 Å². The van der Waals surface area contributed by atoms with Gasteiger partial charge in [-0.3, -0.25) is 0 Å². The predicted molar refractivity (Wildman–Crippen MR) is 32.5 cm³/mol. The third-order valence-corrected chi connectivity index (χ3v) is 0.270. The molecule has 15 heavy (non-hydrogen) atoms. The van der Waals surface area contributed by atoms with Gasteiger partial charge in [0.1, 0.15) is 0 Å². The summed E-state index contributed by atoms with van der Waals surface area (Å²) in [4.78, 5) is 36.2. The van der Waals surface area contributed by atoms with Crippen molar-refractivity contribution in [1.82, 2.24) is 0 Å². The van der Waals surface area contributed by atoms with Crippen LogP contribution in [-0.2, 0) is 39.5 Å². The molecule has 0 radical (unpaired) electrons. The molecule has 0 aromatic rings. The van der Waals surface area contributed by atoms with Crippen LogP contribution in [0.3, 0.4) is 0 Å². The summed E-state index contributed by atoms with van der Waals surface area (Å²) in [5.41, 5.74) is 0. The van der Waals surface area contributed by atoms with Gasteiger partial charge in [-0.15, -0.1) is 0 Å². The first kappa shape index (κ1) is 21.1. The fourth-order valence-electron chi connectivity index (χ4n) is 0. The summed E-state index contributed by atoms with van der Waals surface area (Å²) in [7, 11) is -9.45. The Morgan fingerprint density at radius 1 is 1.07 bits per heavy atom. The summed E-state index contributed by atoms with van der Waals surface area (Å²) < 4.78 is 56.2. The van der Waals surface area contributed by atoms with Crippen LogP contribution in [0.4, 0.5) is 7.15 Å². The molecule has 0 aliphatic carbocycles. The average molecular weight is 357 g/mol. The number of rotatable bonds is 1. The van der Waals surface area contributed by atoms with Gasteiger partial charge < -0.3 is 24.5 Å². The van der Waals surface area contributed by atoms with E-state index in [1.54, 1.807) is 0 Å². The third kappa shape index (κ3) is 172. The fourth-order valence-corrected chi connectivity index (χ4v) is 0. The normalized spacial score (nSPS) is 10.4. The molecule has 0 heterocycles. The summed E-state index contributed by atoms with van der Waals surface area (Å²) in [6, 6.07) is 0. The first-order chi connectivity index (χ1) is 6.29. The molecule has 0 aromatic heterocycles. The van der Waals surface area contributed by atoms with Gasteiger partial charge in [-0.05, 0) is 4.53 Å². The molecule has 10 nitrogen and oxygen atoms in total. The Hall–Kier alpha value is 0.723. The van der Waals surface area contributed by atoms with E-state index in [9.17, 15) is 7.15 Å². The second-order valence-corrected chi connectivity index (χ2v) is 4.72. The van der Waals surface area contributed by atoms with Crippen molar-refractivity contribution in [2.75, 3.05) is 0 Å². The van der Waals surface area contributed by atoms with Gasteiger partial charge in [-0.25, -0.2) is 9.13 Å². The van der Waals surface area contributed by atoms with E-state index in [0.717, 1.165) is 0 Å². The van der Waals surface area contributed by atoms with Gasteiger partial charge in [0, 0.05) is 0 Å². The number of halogens is 2. The van der Waals surface area contributed by atoms with Gasteiger partial charge in [0.2, 0.25) is 0 Å². The van der Waals surface area contributed by atoms with Crippen LogP contribution >= 0.6 is 15.6 Å². The topological polar surface area (TPSA) is 182 Å². The Kier molecular flexibility index (Phi) is 13.9. The van der Waals surface area contributed by atoms with Crippen molar-refractivity contribution in [3.8, 4) is 0 Å². The minimum atomic E-state index is -4.81. The number of phosphoric acid groups is 2. The van der Waals surface area contributed by atoms with Crippen LogP contribution in [0.25, 0.3) is 0 Å². The predicted octanol–water partition coefficient (Wildman–Crippen LogP) is -1.21. The molecular formula is H6F2O10P2Zr. The summed E-state index contributed by atoms with van der Waals surface area (Å²) in [5.74, 6) is 0. The van der Waals surface area contributed by atoms with Gasteiger partial charge in [-0.2, -0.15) is 0 Å². The second-order valence-electron chi connectivity index (χ2n) is 1.33. The molecule has 0 unspecified atom stereocenters. The van der Waals surface area contributed by atoms with Crippen molar-refractivity contribution in [2.45, 2.75) is 0 Å². The molecule has 0 rings (SSSR count). The first-order valence-electron chi connectivity index (χ1n) is 2.32. The maximum absolute atomic E-state index is 10.2. The third-order valence-electron chi connectivity index (χ3n) is 0.0899. The van der Waals surface area contributed by atoms with E-state index < -0.39 is 38.4 Å². The molecule has 0 fully saturated rings. The molecule has 0 saturated heterocycles. The molecule has 0 spiro atoms. The Morgan fingerprint density at radius 2 is 1.13 bits per heavy atom. The average Bonchev–Trinajstić information content (AvgIpc) is 1.80. The molecule has 0 amide bonds. The van der Waals surface area contributed by atoms with Crippen LogP contribution in [0.15, 0.2) is 0 Å². The van der Waals surface area contributed by atoms with Crippen LogP contribution in [-0.4, -0.2) is 27.6 Å². The van der Waals surface area contributed by atoms with E-state index >= 15 is 0 Å². The maximum atomic E-state index is 10.2. The summed E-state index contributed by atoms with van der Waals surface area (Å²) in [5, 5.41) is 0.